The van der Waals surface area contributed by atoms with Crippen molar-refractivity contribution in [2.75, 3.05) is 18.1 Å². The first-order chi connectivity index (χ1) is 5.83. The highest BCUT2D eigenvalue weighted by molar-refractivity contribution is 7.84. The number of hydrogen-bond acceptors (Lipinski definition) is 2. The van der Waals surface area contributed by atoms with Crippen molar-refractivity contribution in [2.24, 2.45) is 0 Å². The topological polar surface area (TPSA) is 29.1 Å². The molecule has 0 bridgehead atoms. The Kier molecular flexibility index (Phi) is 4.84. The molecule has 0 saturated heterocycles. The van der Waals surface area contributed by atoms with Gasteiger partial charge in [0.1, 0.15) is 0 Å². The summed E-state index contributed by atoms with van der Waals surface area (Å²) in [6.07, 6.45) is 5.38. The monoisotopic (exact) mass is 189 g/mol. The van der Waals surface area contributed by atoms with E-state index >= 15 is 0 Å². The van der Waals surface area contributed by atoms with E-state index in [9.17, 15) is 4.21 Å². The third kappa shape index (κ3) is 3.68. The first-order valence-electron chi connectivity index (χ1n) is 4.91. The molecule has 1 aliphatic carbocycles. The van der Waals surface area contributed by atoms with Gasteiger partial charge in [-0.05, 0) is 12.8 Å². The van der Waals surface area contributed by atoms with Gasteiger partial charge in [0.2, 0.25) is 0 Å². The van der Waals surface area contributed by atoms with Crippen LogP contribution in [-0.2, 0) is 10.8 Å². The molecule has 0 amide bonds. The fraction of sp³-hybridized carbons (Fsp3) is 1.00. The average Bonchev–Trinajstić information content (AvgIpc) is 2.57. The summed E-state index contributed by atoms with van der Waals surface area (Å²) in [5.74, 6) is 1.62. The zero-order valence-electron chi connectivity index (χ0n) is 7.84. The fourth-order valence-corrected chi connectivity index (χ4v) is 2.29. The second-order valence-corrected chi connectivity index (χ2v) is 5.23. The molecule has 72 valence electrons. The lowest BCUT2D eigenvalue weighted by molar-refractivity contribution is 0.543. The Morgan fingerprint density at radius 2 is 2.08 bits per heavy atom. The van der Waals surface area contributed by atoms with E-state index in [2.05, 4.69) is 5.32 Å². The summed E-state index contributed by atoms with van der Waals surface area (Å²) in [7, 11) is -0.589. The quantitative estimate of drug-likeness (QED) is 0.706. The standard InChI is InChI=1S/C9H19NOS/c1-2-12(11)8-7-10-9-5-3-4-6-9/h9-10H,2-8H2,1H3. The second-order valence-electron chi connectivity index (χ2n) is 3.37. The highest BCUT2D eigenvalue weighted by Gasteiger charge is 2.13. The molecular weight excluding hydrogens is 170 g/mol. The second kappa shape index (κ2) is 5.70. The van der Waals surface area contributed by atoms with Crippen molar-refractivity contribution >= 4 is 10.8 Å². The SMILES string of the molecule is CCS(=O)CCNC1CCCC1. The van der Waals surface area contributed by atoms with Crippen LogP contribution < -0.4 is 5.32 Å². The maximum absolute atomic E-state index is 11.1. The lowest BCUT2D eigenvalue weighted by Gasteiger charge is -2.10. The summed E-state index contributed by atoms with van der Waals surface area (Å²) in [5.41, 5.74) is 0. The largest absolute Gasteiger partial charge is 0.313 e. The van der Waals surface area contributed by atoms with Gasteiger partial charge in [0.25, 0.3) is 0 Å². The molecule has 0 heterocycles. The molecule has 0 aliphatic heterocycles. The summed E-state index contributed by atoms with van der Waals surface area (Å²) >= 11 is 0. The van der Waals surface area contributed by atoms with Gasteiger partial charge in [-0.25, -0.2) is 0 Å². The number of rotatable bonds is 5. The first-order valence-corrected chi connectivity index (χ1v) is 6.40. The van der Waals surface area contributed by atoms with Crippen LogP contribution in [0.2, 0.25) is 0 Å². The van der Waals surface area contributed by atoms with E-state index in [1.165, 1.54) is 25.7 Å². The third-order valence-corrected chi connectivity index (χ3v) is 3.74. The van der Waals surface area contributed by atoms with Gasteiger partial charge in [-0.3, -0.25) is 4.21 Å². The third-order valence-electron chi connectivity index (χ3n) is 2.44. The average molecular weight is 189 g/mol. The molecule has 1 saturated carbocycles. The van der Waals surface area contributed by atoms with E-state index < -0.39 is 10.8 Å². The Hall–Kier alpha value is 0.110. The van der Waals surface area contributed by atoms with E-state index in [0.29, 0.717) is 0 Å². The molecular formula is C9H19NOS. The van der Waals surface area contributed by atoms with Gasteiger partial charge in [0, 0.05) is 34.9 Å². The van der Waals surface area contributed by atoms with Crippen LogP contribution in [0.25, 0.3) is 0 Å². The van der Waals surface area contributed by atoms with Crippen molar-refractivity contribution in [3.8, 4) is 0 Å². The van der Waals surface area contributed by atoms with Crippen LogP contribution in [0, 0.1) is 0 Å². The van der Waals surface area contributed by atoms with Crippen LogP contribution >= 0.6 is 0 Å². The van der Waals surface area contributed by atoms with E-state index in [4.69, 9.17) is 0 Å². The van der Waals surface area contributed by atoms with Crippen molar-refractivity contribution < 1.29 is 4.21 Å². The molecule has 3 heteroatoms. The normalized spacial score (nSPS) is 21.4. The Balaban J connectivity index is 1.97. The first kappa shape index (κ1) is 10.2. The van der Waals surface area contributed by atoms with Gasteiger partial charge in [-0.15, -0.1) is 0 Å². The number of hydrogen-bond donors (Lipinski definition) is 1. The summed E-state index contributed by atoms with van der Waals surface area (Å²) in [4.78, 5) is 0. The molecule has 1 atom stereocenters. The zero-order valence-corrected chi connectivity index (χ0v) is 8.66. The van der Waals surface area contributed by atoms with Crippen LogP contribution in [0.1, 0.15) is 32.6 Å². The number of nitrogens with one attached hydrogen (secondary N) is 1. The lowest BCUT2D eigenvalue weighted by Crippen LogP contribution is -2.30. The Morgan fingerprint density at radius 3 is 2.67 bits per heavy atom. The minimum Gasteiger partial charge on any atom is -0.313 e. The fourth-order valence-electron chi connectivity index (χ4n) is 1.65. The van der Waals surface area contributed by atoms with Crippen molar-refractivity contribution in [3.05, 3.63) is 0 Å². The highest BCUT2D eigenvalue weighted by atomic mass is 32.2. The Bertz CT molecular complexity index is 143. The van der Waals surface area contributed by atoms with Crippen LogP contribution in [0.15, 0.2) is 0 Å². The van der Waals surface area contributed by atoms with Gasteiger partial charge < -0.3 is 5.32 Å². The molecule has 0 aromatic rings. The predicted octanol–water partition coefficient (Wildman–Crippen LogP) is 1.29. The van der Waals surface area contributed by atoms with Crippen LogP contribution in [-0.4, -0.2) is 28.3 Å². The summed E-state index contributed by atoms with van der Waals surface area (Å²) in [5, 5.41) is 3.45. The van der Waals surface area contributed by atoms with E-state index in [1.807, 2.05) is 6.92 Å². The van der Waals surface area contributed by atoms with Crippen molar-refractivity contribution in [3.63, 3.8) is 0 Å². The molecule has 1 N–H and O–H groups in total. The smallest absolute Gasteiger partial charge is 0.0360 e. The van der Waals surface area contributed by atoms with Gasteiger partial charge in [-0.1, -0.05) is 19.8 Å². The van der Waals surface area contributed by atoms with Gasteiger partial charge in [0.05, 0.1) is 0 Å². The summed E-state index contributed by atoms with van der Waals surface area (Å²) in [6, 6.07) is 0.721. The minimum absolute atomic E-state index is 0.589. The van der Waals surface area contributed by atoms with Crippen LogP contribution in [0.4, 0.5) is 0 Å². The van der Waals surface area contributed by atoms with Gasteiger partial charge in [0.15, 0.2) is 0 Å². The molecule has 1 unspecified atom stereocenters. The molecule has 12 heavy (non-hydrogen) atoms. The molecule has 0 spiro atoms. The lowest BCUT2D eigenvalue weighted by atomic mass is 10.2. The molecule has 1 fully saturated rings. The Morgan fingerprint density at radius 1 is 1.42 bits per heavy atom. The van der Waals surface area contributed by atoms with Crippen LogP contribution in [0.5, 0.6) is 0 Å². The van der Waals surface area contributed by atoms with Crippen molar-refractivity contribution in [1.29, 1.82) is 0 Å². The zero-order chi connectivity index (χ0) is 8.81. The van der Waals surface area contributed by atoms with Crippen molar-refractivity contribution in [2.45, 2.75) is 38.6 Å². The van der Waals surface area contributed by atoms with Crippen LogP contribution in [0.3, 0.4) is 0 Å². The molecule has 1 rings (SSSR count). The predicted molar refractivity (Wildman–Crippen MR) is 53.8 cm³/mol. The van der Waals surface area contributed by atoms with E-state index in [1.54, 1.807) is 0 Å². The minimum atomic E-state index is -0.589. The highest BCUT2D eigenvalue weighted by Crippen LogP contribution is 2.17. The van der Waals surface area contributed by atoms with E-state index in [-0.39, 0.29) is 0 Å². The summed E-state index contributed by atoms with van der Waals surface area (Å²) in [6.45, 7) is 2.91. The molecule has 2 nitrogen and oxygen atoms in total. The maximum atomic E-state index is 11.1. The van der Waals surface area contributed by atoms with Gasteiger partial charge >= 0.3 is 0 Å². The molecule has 0 aromatic carbocycles. The van der Waals surface area contributed by atoms with E-state index in [0.717, 1.165) is 24.1 Å². The maximum Gasteiger partial charge on any atom is 0.0360 e. The van der Waals surface area contributed by atoms with Gasteiger partial charge in [-0.2, -0.15) is 0 Å². The van der Waals surface area contributed by atoms with Crippen molar-refractivity contribution in [1.82, 2.24) is 5.32 Å². The Labute approximate surface area is 77.6 Å². The summed E-state index contributed by atoms with van der Waals surface area (Å²) < 4.78 is 11.1. The molecule has 1 aliphatic rings. The molecule has 0 aromatic heterocycles. The molecule has 0 radical (unpaired) electrons.